The van der Waals surface area contributed by atoms with Crippen molar-refractivity contribution in [1.29, 1.82) is 0 Å². The lowest BCUT2D eigenvalue weighted by Gasteiger charge is -2.10. The Morgan fingerprint density at radius 1 is 1.00 bits per heavy atom. The average molecular weight is 452 g/mol. The number of furan rings is 1. The second kappa shape index (κ2) is 7.68. The lowest BCUT2D eigenvalue weighted by atomic mass is 10.2. The molecule has 1 N–H and O–H groups in total. The Balaban J connectivity index is 1.30. The number of carbonyl (C=O) groups excluding carboxylic acids is 1. The third kappa shape index (κ3) is 3.37. The molecule has 3 aromatic carbocycles. The van der Waals surface area contributed by atoms with Crippen molar-refractivity contribution >= 4 is 55.2 Å². The molecule has 8 heteroatoms. The Bertz CT molecular complexity index is 1700. The Morgan fingerprint density at radius 2 is 1.79 bits per heavy atom. The Hall–Kier alpha value is -4.30. The number of nitrogens with one attached hydrogen (secondary N) is 1. The number of thiazole rings is 1. The number of amides is 1. The van der Waals surface area contributed by atoms with Gasteiger partial charge in [-0.2, -0.15) is 0 Å². The van der Waals surface area contributed by atoms with E-state index in [0.717, 1.165) is 26.2 Å². The monoisotopic (exact) mass is 452 g/mol. The molecule has 0 unspecified atom stereocenters. The summed E-state index contributed by atoms with van der Waals surface area (Å²) in [6.45, 7) is -0.188. The number of fused-ring (bicyclic) bond motifs is 4. The van der Waals surface area contributed by atoms with Crippen molar-refractivity contribution in [3.05, 3.63) is 89.5 Å². The van der Waals surface area contributed by atoms with Crippen LogP contribution < -0.4 is 10.9 Å². The molecule has 6 aromatic rings. The van der Waals surface area contributed by atoms with E-state index < -0.39 is 5.56 Å². The maximum Gasteiger partial charge on any atom is 0.297 e. The zero-order valence-electron chi connectivity index (χ0n) is 17.2. The molecule has 0 saturated heterocycles. The zero-order chi connectivity index (χ0) is 22.4. The highest BCUT2D eigenvalue weighted by Gasteiger charge is 2.16. The summed E-state index contributed by atoms with van der Waals surface area (Å²) in [4.78, 5) is 34.8. The molecule has 3 aromatic heterocycles. The molecular formula is C25H16N4O3S. The first-order valence-corrected chi connectivity index (χ1v) is 11.1. The van der Waals surface area contributed by atoms with Crippen molar-refractivity contribution < 1.29 is 9.21 Å². The number of anilines is 1. The molecule has 1 amide bonds. The average Bonchev–Trinajstić information content (AvgIpc) is 3.43. The molecule has 0 bridgehead atoms. The van der Waals surface area contributed by atoms with Gasteiger partial charge in [-0.3, -0.25) is 14.2 Å². The smallest absolute Gasteiger partial charge is 0.297 e. The minimum atomic E-state index is -0.397. The van der Waals surface area contributed by atoms with Crippen LogP contribution in [0.4, 0.5) is 5.69 Å². The van der Waals surface area contributed by atoms with Gasteiger partial charge in [-0.1, -0.05) is 36.4 Å². The van der Waals surface area contributed by atoms with Crippen LogP contribution in [0.25, 0.3) is 42.9 Å². The minimum Gasteiger partial charge on any atom is -0.448 e. The minimum absolute atomic E-state index is 0.140. The molecule has 0 aliphatic rings. The zero-order valence-corrected chi connectivity index (χ0v) is 18.0. The van der Waals surface area contributed by atoms with Gasteiger partial charge in [-0.15, -0.1) is 11.3 Å². The van der Waals surface area contributed by atoms with Crippen LogP contribution in [-0.2, 0) is 11.3 Å². The van der Waals surface area contributed by atoms with Crippen LogP contribution in [0.2, 0.25) is 0 Å². The van der Waals surface area contributed by atoms with Gasteiger partial charge in [-0.05, 0) is 36.4 Å². The summed E-state index contributed by atoms with van der Waals surface area (Å²) in [6, 6.07) is 22.7. The van der Waals surface area contributed by atoms with E-state index in [1.807, 2.05) is 66.7 Å². The number of nitrogens with zero attached hydrogens (tertiary/aromatic N) is 3. The van der Waals surface area contributed by atoms with Crippen LogP contribution in [0.15, 0.2) is 88.3 Å². The van der Waals surface area contributed by atoms with Crippen LogP contribution in [0.1, 0.15) is 0 Å². The fraction of sp³-hybridized carbons (Fsp3) is 0.0400. The van der Waals surface area contributed by atoms with Crippen LogP contribution in [0.5, 0.6) is 0 Å². The van der Waals surface area contributed by atoms with Crippen LogP contribution in [0.3, 0.4) is 0 Å². The third-order valence-electron chi connectivity index (χ3n) is 5.39. The molecule has 0 saturated carbocycles. The maximum atomic E-state index is 12.9. The highest BCUT2D eigenvalue weighted by atomic mass is 32.1. The topological polar surface area (TPSA) is 90.0 Å². The quantitative estimate of drug-likeness (QED) is 0.404. The van der Waals surface area contributed by atoms with Crippen LogP contribution >= 0.6 is 11.3 Å². The van der Waals surface area contributed by atoms with Gasteiger partial charge < -0.3 is 9.73 Å². The van der Waals surface area contributed by atoms with Gasteiger partial charge in [0.2, 0.25) is 11.5 Å². The third-order valence-corrected chi connectivity index (χ3v) is 6.46. The first kappa shape index (κ1) is 19.4. The van der Waals surface area contributed by atoms with Gasteiger partial charge in [-0.25, -0.2) is 9.97 Å². The van der Waals surface area contributed by atoms with Crippen molar-refractivity contribution in [3.63, 3.8) is 0 Å². The molecule has 0 aliphatic carbocycles. The molecule has 0 spiro atoms. The summed E-state index contributed by atoms with van der Waals surface area (Å²) in [5.74, 6) is -0.345. The fourth-order valence-corrected chi connectivity index (χ4v) is 4.84. The van der Waals surface area contributed by atoms with Gasteiger partial charge in [0, 0.05) is 10.9 Å². The van der Waals surface area contributed by atoms with E-state index in [4.69, 9.17) is 9.40 Å². The number of rotatable bonds is 4. The lowest BCUT2D eigenvalue weighted by molar-refractivity contribution is -0.116. The van der Waals surface area contributed by atoms with Gasteiger partial charge >= 0.3 is 0 Å². The summed E-state index contributed by atoms with van der Waals surface area (Å²) >= 11 is 1.56. The van der Waals surface area contributed by atoms with Crippen molar-refractivity contribution in [2.24, 2.45) is 0 Å². The summed E-state index contributed by atoms with van der Waals surface area (Å²) < 4.78 is 8.02. The van der Waals surface area contributed by atoms with Gasteiger partial charge in [0.05, 0.1) is 22.2 Å². The first-order valence-electron chi connectivity index (χ1n) is 10.3. The summed E-state index contributed by atoms with van der Waals surface area (Å²) in [6.07, 6.45) is 1.38. The molecule has 0 radical (unpaired) electrons. The van der Waals surface area contributed by atoms with E-state index >= 15 is 0 Å². The van der Waals surface area contributed by atoms with Crippen LogP contribution in [-0.4, -0.2) is 20.4 Å². The summed E-state index contributed by atoms with van der Waals surface area (Å²) in [5.41, 5.74) is 3.19. The predicted octanol–water partition coefficient (Wildman–Crippen LogP) is 5.06. The Labute approximate surface area is 190 Å². The van der Waals surface area contributed by atoms with E-state index in [-0.39, 0.29) is 18.0 Å². The molecule has 3 heterocycles. The van der Waals surface area contributed by atoms with Crippen LogP contribution in [0, 0.1) is 0 Å². The fourth-order valence-electron chi connectivity index (χ4n) is 3.84. The van der Waals surface area contributed by atoms with Crippen molar-refractivity contribution in [2.75, 3.05) is 5.32 Å². The van der Waals surface area contributed by atoms with E-state index in [1.54, 1.807) is 17.4 Å². The number of hydrogen-bond acceptors (Lipinski definition) is 6. The number of aromatic nitrogens is 3. The molecule has 7 nitrogen and oxygen atoms in total. The standard InChI is InChI=1S/C25H16N4O3S/c30-21(13-29-14-26-22-16-8-2-5-11-19(16)32-23(22)25(29)31)27-17-9-3-1-7-15(17)24-28-18-10-4-6-12-20(18)33-24/h1-12,14H,13H2,(H,27,30). The highest BCUT2D eigenvalue weighted by Crippen LogP contribution is 2.34. The van der Waals surface area contributed by atoms with Gasteiger partial charge in [0.25, 0.3) is 5.56 Å². The summed E-state index contributed by atoms with van der Waals surface area (Å²) in [7, 11) is 0. The van der Waals surface area contributed by atoms with E-state index in [2.05, 4.69) is 10.3 Å². The summed E-state index contributed by atoms with van der Waals surface area (Å²) in [5, 5.41) is 4.50. The number of carbonyl (C=O) groups is 1. The first-order chi connectivity index (χ1) is 16.2. The van der Waals surface area contributed by atoms with E-state index in [0.29, 0.717) is 16.8 Å². The number of para-hydroxylation sites is 3. The SMILES string of the molecule is O=C(Cn1cnc2c(oc3ccccc32)c1=O)Nc1ccccc1-c1nc2ccccc2s1. The maximum absolute atomic E-state index is 12.9. The molecule has 0 atom stereocenters. The van der Waals surface area contributed by atoms with Crippen molar-refractivity contribution in [2.45, 2.75) is 6.54 Å². The normalized spacial score (nSPS) is 11.4. The molecule has 0 aliphatic heterocycles. The predicted molar refractivity (Wildman–Crippen MR) is 129 cm³/mol. The van der Waals surface area contributed by atoms with E-state index in [1.165, 1.54) is 10.9 Å². The second-order valence-electron chi connectivity index (χ2n) is 7.53. The molecule has 6 rings (SSSR count). The number of benzene rings is 3. The van der Waals surface area contributed by atoms with Crippen molar-refractivity contribution in [3.8, 4) is 10.6 Å². The van der Waals surface area contributed by atoms with Gasteiger partial charge in [0.1, 0.15) is 22.7 Å². The Kier molecular flexibility index (Phi) is 4.51. The molecule has 0 fully saturated rings. The van der Waals surface area contributed by atoms with Gasteiger partial charge in [0.15, 0.2) is 0 Å². The lowest BCUT2D eigenvalue weighted by Crippen LogP contribution is -2.27. The highest BCUT2D eigenvalue weighted by molar-refractivity contribution is 7.21. The molecular weight excluding hydrogens is 436 g/mol. The Morgan fingerprint density at radius 3 is 2.70 bits per heavy atom. The molecule has 33 heavy (non-hydrogen) atoms. The number of hydrogen-bond donors (Lipinski definition) is 1. The largest absolute Gasteiger partial charge is 0.448 e. The van der Waals surface area contributed by atoms with E-state index in [9.17, 15) is 9.59 Å². The second-order valence-corrected chi connectivity index (χ2v) is 8.56. The molecule has 160 valence electrons. The van der Waals surface area contributed by atoms with Crippen molar-refractivity contribution in [1.82, 2.24) is 14.5 Å².